The molecule has 2 unspecified atom stereocenters. The molecule has 0 radical (unpaired) electrons. The minimum atomic E-state index is -0.324. The maximum absolute atomic E-state index is 11.4. The predicted molar refractivity (Wildman–Crippen MR) is 76.5 cm³/mol. The number of esters is 1. The lowest BCUT2D eigenvalue weighted by Gasteiger charge is -2.20. The number of carbonyl (C=O) groups excluding carboxylic acids is 1. The van der Waals surface area contributed by atoms with Crippen LogP contribution in [0.1, 0.15) is 51.4 Å². The monoisotopic (exact) mass is 282 g/mol. The standard InChI is InChI=1S/C16H26O4/c1-2-16(17)20-15(9-7-13-5-3-11-18-13)10-8-14-6-4-12-19-14/h2,13-15H,1,3-12H2. The Bertz CT molecular complexity index is 284. The van der Waals surface area contributed by atoms with Gasteiger partial charge in [-0.05, 0) is 51.4 Å². The highest BCUT2D eigenvalue weighted by Gasteiger charge is 2.22. The molecule has 2 fully saturated rings. The largest absolute Gasteiger partial charge is 0.459 e. The van der Waals surface area contributed by atoms with E-state index in [9.17, 15) is 4.79 Å². The molecule has 114 valence electrons. The van der Waals surface area contributed by atoms with Gasteiger partial charge in [0.25, 0.3) is 0 Å². The van der Waals surface area contributed by atoms with E-state index in [0.29, 0.717) is 12.2 Å². The lowest BCUT2D eigenvalue weighted by Crippen LogP contribution is -2.21. The lowest BCUT2D eigenvalue weighted by molar-refractivity contribution is -0.144. The molecule has 4 heteroatoms. The van der Waals surface area contributed by atoms with Gasteiger partial charge >= 0.3 is 5.97 Å². The Morgan fingerprint density at radius 2 is 1.70 bits per heavy atom. The zero-order valence-electron chi connectivity index (χ0n) is 12.2. The van der Waals surface area contributed by atoms with Crippen molar-refractivity contribution >= 4 is 5.97 Å². The van der Waals surface area contributed by atoms with E-state index in [1.165, 1.54) is 6.08 Å². The summed E-state index contributed by atoms with van der Waals surface area (Å²) in [4.78, 5) is 11.4. The first kappa shape index (κ1) is 15.5. The van der Waals surface area contributed by atoms with E-state index >= 15 is 0 Å². The van der Waals surface area contributed by atoms with Crippen molar-refractivity contribution in [3.63, 3.8) is 0 Å². The van der Waals surface area contributed by atoms with Gasteiger partial charge in [0.2, 0.25) is 0 Å². The van der Waals surface area contributed by atoms with Crippen molar-refractivity contribution in [1.29, 1.82) is 0 Å². The topological polar surface area (TPSA) is 44.8 Å². The van der Waals surface area contributed by atoms with E-state index in [-0.39, 0.29) is 12.1 Å². The van der Waals surface area contributed by atoms with E-state index in [1.807, 2.05) is 0 Å². The molecule has 0 saturated carbocycles. The van der Waals surface area contributed by atoms with Crippen LogP contribution < -0.4 is 0 Å². The number of hydrogen-bond donors (Lipinski definition) is 0. The van der Waals surface area contributed by atoms with E-state index in [2.05, 4.69) is 6.58 Å². The molecule has 2 heterocycles. The third kappa shape index (κ3) is 5.25. The molecule has 4 nitrogen and oxygen atoms in total. The Kier molecular flexibility index (Phi) is 6.54. The van der Waals surface area contributed by atoms with Crippen LogP contribution in [0.5, 0.6) is 0 Å². The quantitative estimate of drug-likeness (QED) is 0.507. The van der Waals surface area contributed by atoms with Gasteiger partial charge in [-0.3, -0.25) is 0 Å². The average Bonchev–Trinajstić information content (AvgIpc) is 3.14. The number of rotatable bonds is 8. The normalized spacial score (nSPS) is 27.4. The minimum absolute atomic E-state index is 0.0334. The van der Waals surface area contributed by atoms with Crippen LogP contribution in [0.25, 0.3) is 0 Å². The Morgan fingerprint density at radius 1 is 1.15 bits per heavy atom. The second-order valence-electron chi connectivity index (χ2n) is 5.69. The van der Waals surface area contributed by atoms with Gasteiger partial charge in [0, 0.05) is 19.3 Å². The molecular formula is C16H26O4. The highest BCUT2D eigenvalue weighted by atomic mass is 16.5. The van der Waals surface area contributed by atoms with Crippen molar-refractivity contribution in [1.82, 2.24) is 0 Å². The van der Waals surface area contributed by atoms with Crippen molar-refractivity contribution in [3.8, 4) is 0 Å². The van der Waals surface area contributed by atoms with E-state index in [1.54, 1.807) is 0 Å². The summed E-state index contributed by atoms with van der Waals surface area (Å²) in [6.07, 6.45) is 10.2. The molecule has 2 rings (SSSR count). The zero-order chi connectivity index (χ0) is 14.2. The summed E-state index contributed by atoms with van der Waals surface area (Å²) in [6, 6.07) is 0. The summed E-state index contributed by atoms with van der Waals surface area (Å²) in [7, 11) is 0. The van der Waals surface area contributed by atoms with Crippen LogP contribution in [0, 0.1) is 0 Å². The van der Waals surface area contributed by atoms with Crippen molar-refractivity contribution in [2.24, 2.45) is 0 Å². The molecule has 2 atom stereocenters. The molecule has 0 aromatic carbocycles. The van der Waals surface area contributed by atoms with Crippen molar-refractivity contribution in [2.75, 3.05) is 13.2 Å². The number of carbonyl (C=O) groups is 1. The summed E-state index contributed by atoms with van der Waals surface area (Å²) in [5.74, 6) is -0.324. The Labute approximate surface area is 121 Å². The van der Waals surface area contributed by atoms with E-state index in [0.717, 1.165) is 64.6 Å². The molecule has 0 aromatic heterocycles. The third-order valence-corrected chi connectivity index (χ3v) is 4.12. The van der Waals surface area contributed by atoms with Crippen LogP contribution in [-0.4, -0.2) is 37.5 Å². The Morgan fingerprint density at radius 3 is 2.10 bits per heavy atom. The van der Waals surface area contributed by atoms with Gasteiger partial charge in [-0.2, -0.15) is 0 Å². The fourth-order valence-electron chi connectivity index (χ4n) is 2.96. The molecule has 2 saturated heterocycles. The van der Waals surface area contributed by atoms with Crippen LogP contribution >= 0.6 is 0 Å². The smallest absolute Gasteiger partial charge is 0.330 e. The molecule has 0 N–H and O–H groups in total. The second kappa shape index (κ2) is 8.42. The first-order valence-electron chi connectivity index (χ1n) is 7.84. The van der Waals surface area contributed by atoms with Crippen molar-refractivity contribution in [2.45, 2.75) is 69.7 Å². The van der Waals surface area contributed by atoms with Crippen molar-refractivity contribution in [3.05, 3.63) is 12.7 Å². The lowest BCUT2D eigenvalue weighted by atomic mass is 10.0. The fourth-order valence-corrected chi connectivity index (χ4v) is 2.96. The molecule has 2 aliphatic rings. The van der Waals surface area contributed by atoms with Crippen LogP contribution in [0.3, 0.4) is 0 Å². The number of hydrogen-bond acceptors (Lipinski definition) is 4. The maximum atomic E-state index is 11.4. The zero-order valence-corrected chi connectivity index (χ0v) is 12.2. The Hall–Kier alpha value is -0.870. The molecular weight excluding hydrogens is 256 g/mol. The van der Waals surface area contributed by atoms with Gasteiger partial charge in [0.05, 0.1) is 12.2 Å². The van der Waals surface area contributed by atoms with Crippen LogP contribution in [0.4, 0.5) is 0 Å². The summed E-state index contributed by atoms with van der Waals surface area (Å²) in [5, 5.41) is 0. The molecule has 0 spiro atoms. The SMILES string of the molecule is C=CC(=O)OC(CCC1CCCO1)CCC1CCCO1. The second-order valence-corrected chi connectivity index (χ2v) is 5.69. The highest BCUT2D eigenvalue weighted by Crippen LogP contribution is 2.23. The molecule has 0 amide bonds. The molecule has 0 aromatic rings. The van der Waals surface area contributed by atoms with Gasteiger partial charge in [-0.1, -0.05) is 6.58 Å². The van der Waals surface area contributed by atoms with E-state index in [4.69, 9.17) is 14.2 Å². The third-order valence-electron chi connectivity index (χ3n) is 4.12. The summed E-state index contributed by atoms with van der Waals surface area (Å²) in [5.41, 5.74) is 0. The maximum Gasteiger partial charge on any atom is 0.330 e. The summed E-state index contributed by atoms with van der Waals surface area (Å²) >= 11 is 0. The fraction of sp³-hybridized carbons (Fsp3) is 0.812. The van der Waals surface area contributed by atoms with Gasteiger partial charge in [0.1, 0.15) is 6.10 Å². The predicted octanol–water partition coefficient (Wildman–Crippen LogP) is 3.00. The summed E-state index contributed by atoms with van der Waals surface area (Å²) in [6.45, 7) is 5.21. The summed E-state index contributed by atoms with van der Waals surface area (Å²) < 4.78 is 16.7. The van der Waals surface area contributed by atoms with Gasteiger partial charge in [-0.25, -0.2) is 4.79 Å². The number of ether oxygens (including phenoxy) is 3. The highest BCUT2D eigenvalue weighted by molar-refractivity contribution is 5.81. The van der Waals surface area contributed by atoms with Crippen LogP contribution in [0.2, 0.25) is 0 Å². The Balaban J connectivity index is 1.72. The first-order chi connectivity index (χ1) is 9.78. The van der Waals surface area contributed by atoms with Gasteiger partial charge < -0.3 is 14.2 Å². The van der Waals surface area contributed by atoms with Gasteiger partial charge in [-0.15, -0.1) is 0 Å². The molecule has 0 bridgehead atoms. The van der Waals surface area contributed by atoms with E-state index < -0.39 is 0 Å². The minimum Gasteiger partial charge on any atom is -0.459 e. The van der Waals surface area contributed by atoms with Crippen molar-refractivity contribution < 1.29 is 19.0 Å². The molecule has 0 aliphatic carbocycles. The first-order valence-corrected chi connectivity index (χ1v) is 7.84. The molecule has 2 aliphatic heterocycles. The van der Waals surface area contributed by atoms with Crippen LogP contribution in [-0.2, 0) is 19.0 Å². The molecule has 20 heavy (non-hydrogen) atoms. The van der Waals surface area contributed by atoms with Crippen LogP contribution in [0.15, 0.2) is 12.7 Å². The van der Waals surface area contributed by atoms with Gasteiger partial charge in [0.15, 0.2) is 0 Å². The average molecular weight is 282 g/mol.